The second kappa shape index (κ2) is 8.88. The Morgan fingerprint density at radius 1 is 1.25 bits per heavy atom. The molecule has 0 aromatic heterocycles. The van der Waals surface area contributed by atoms with Gasteiger partial charge in [0.1, 0.15) is 18.1 Å². The molecule has 2 rings (SSSR count). The number of nitrogens with zero attached hydrogens (tertiary/aromatic N) is 1. The van der Waals surface area contributed by atoms with E-state index in [0.29, 0.717) is 23.7 Å². The number of hydrazone groups is 1. The van der Waals surface area contributed by atoms with E-state index in [9.17, 15) is 4.79 Å². The molecule has 0 saturated heterocycles. The monoisotopic (exact) mass is 388 g/mol. The van der Waals surface area contributed by atoms with Crippen LogP contribution in [0.3, 0.4) is 0 Å². The number of hydrogen-bond donors (Lipinski definition) is 1. The number of methoxy groups -OCH3 is 1. The van der Waals surface area contributed by atoms with Gasteiger partial charge in [0, 0.05) is 15.6 Å². The molecule has 5 nitrogen and oxygen atoms in total. The Balaban J connectivity index is 1.98. The molecule has 0 heterocycles. The topological polar surface area (TPSA) is 59.9 Å². The Morgan fingerprint density at radius 3 is 2.62 bits per heavy atom. The number of halogens is 1. The molecule has 0 radical (unpaired) electrons. The lowest BCUT2D eigenvalue weighted by Gasteiger charge is -2.05. The number of benzene rings is 2. The normalized spacial score (nSPS) is 10.4. The maximum absolute atomic E-state index is 12.1. The first kappa shape index (κ1) is 17.7. The van der Waals surface area contributed by atoms with Gasteiger partial charge in [0.05, 0.1) is 13.3 Å². The molecule has 0 atom stereocenters. The fraction of sp³-hybridized carbons (Fsp3) is 0.111. The molecule has 124 valence electrons. The first-order valence-electron chi connectivity index (χ1n) is 7.14. The summed E-state index contributed by atoms with van der Waals surface area (Å²) in [6.07, 6.45) is 3.21. The quantitative estimate of drug-likeness (QED) is 0.445. The summed E-state index contributed by atoms with van der Waals surface area (Å²) in [6, 6.07) is 12.3. The highest BCUT2D eigenvalue weighted by molar-refractivity contribution is 9.10. The third-order valence-corrected chi connectivity index (χ3v) is 3.78. The fourth-order valence-corrected chi connectivity index (χ4v) is 2.18. The molecule has 2 aromatic rings. The predicted molar refractivity (Wildman–Crippen MR) is 97.9 cm³/mol. The molecular formula is C18H17BrN2O3. The van der Waals surface area contributed by atoms with Gasteiger partial charge in [0.2, 0.25) is 0 Å². The minimum absolute atomic E-state index is 0.305. The molecular weight excluding hydrogens is 372 g/mol. The Labute approximate surface area is 149 Å². The molecule has 0 aliphatic carbocycles. The third kappa shape index (κ3) is 4.96. The van der Waals surface area contributed by atoms with Gasteiger partial charge in [-0.15, -0.1) is 0 Å². The molecule has 0 fully saturated rings. The predicted octanol–water partition coefficient (Wildman–Crippen LogP) is 3.79. The van der Waals surface area contributed by atoms with Crippen LogP contribution in [0.4, 0.5) is 0 Å². The SMILES string of the molecule is C=CCOc1ccc(C(=O)N/N=C\c2cc(OC)ccc2Br)cc1. The number of amides is 1. The van der Waals surface area contributed by atoms with Gasteiger partial charge >= 0.3 is 0 Å². The van der Waals surface area contributed by atoms with Crippen LogP contribution in [0.25, 0.3) is 0 Å². The zero-order valence-electron chi connectivity index (χ0n) is 13.2. The van der Waals surface area contributed by atoms with Crippen molar-refractivity contribution in [1.29, 1.82) is 0 Å². The van der Waals surface area contributed by atoms with E-state index in [4.69, 9.17) is 9.47 Å². The van der Waals surface area contributed by atoms with E-state index in [0.717, 1.165) is 10.0 Å². The summed E-state index contributed by atoms with van der Waals surface area (Å²) in [5.41, 5.74) is 3.77. The second-order valence-corrected chi connectivity index (χ2v) is 5.56. The summed E-state index contributed by atoms with van der Waals surface area (Å²) in [5.74, 6) is 1.08. The Hall–Kier alpha value is -2.60. The zero-order valence-corrected chi connectivity index (χ0v) is 14.7. The molecule has 0 aliphatic rings. The zero-order chi connectivity index (χ0) is 17.4. The average Bonchev–Trinajstić information content (AvgIpc) is 2.61. The van der Waals surface area contributed by atoms with Crippen molar-refractivity contribution < 1.29 is 14.3 Å². The van der Waals surface area contributed by atoms with Crippen LogP contribution in [0, 0.1) is 0 Å². The van der Waals surface area contributed by atoms with Gasteiger partial charge in [-0.25, -0.2) is 5.43 Å². The number of carbonyl (C=O) groups is 1. The van der Waals surface area contributed by atoms with Crippen LogP contribution < -0.4 is 14.9 Å². The van der Waals surface area contributed by atoms with Crippen LogP contribution in [0.5, 0.6) is 11.5 Å². The van der Waals surface area contributed by atoms with Crippen LogP contribution in [0.2, 0.25) is 0 Å². The molecule has 1 amide bonds. The molecule has 0 unspecified atom stereocenters. The van der Waals surface area contributed by atoms with Crippen molar-refractivity contribution in [3.63, 3.8) is 0 Å². The Kier molecular flexibility index (Phi) is 6.57. The van der Waals surface area contributed by atoms with E-state index in [2.05, 4.69) is 33.0 Å². The van der Waals surface area contributed by atoms with Crippen molar-refractivity contribution in [1.82, 2.24) is 5.43 Å². The lowest BCUT2D eigenvalue weighted by molar-refractivity contribution is 0.0955. The van der Waals surface area contributed by atoms with Crippen LogP contribution in [0.1, 0.15) is 15.9 Å². The molecule has 0 spiro atoms. The van der Waals surface area contributed by atoms with E-state index in [-0.39, 0.29) is 5.91 Å². The van der Waals surface area contributed by atoms with Gasteiger partial charge in [0.25, 0.3) is 5.91 Å². The standard InChI is InChI=1S/C18H17BrN2O3/c1-3-10-24-15-6-4-13(5-7-15)18(22)21-20-12-14-11-16(23-2)8-9-17(14)19/h3-9,11-12H,1,10H2,2H3,(H,21,22)/b20-12-. The van der Waals surface area contributed by atoms with Gasteiger partial charge in [-0.1, -0.05) is 28.6 Å². The number of carbonyl (C=O) groups excluding carboxylic acids is 1. The van der Waals surface area contributed by atoms with Crippen molar-refractivity contribution >= 4 is 28.1 Å². The number of rotatable bonds is 7. The largest absolute Gasteiger partial charge is 0.497 e. The van der Waals surface area contributed by atoms with Crippen molar-refractivity contribution in [2.45, 2.75) is 0 Å². The van der Waals surface area contributed by atoms with Gasteiger partial charge in [-0.2, -0.15) is 5.10 Å². The summed E-state index contributed by atoms with van der Waals surface area (Å²) in [6.45, 7) is 4.00. The van der Waals surface area contributed by atoms with Gasteiger partial charge in [-0.05, 0) is 42.5 Å². The summed E-state index contributed by atoms with van der Waals surface area (Å²) in [5, 5.41) is 3.97. The Morgan fingerprint density at radius 2 is 1.96 bits per heavy atom. The minimum Gasteiger partial charge on any atom is -0.497 e. The molecule has 2 aromatic carbocycles. The highest BCUT2D eigenvalue weighted by Crippen LogP contribution is 2.20. The number of ether oxygens (including phenoxy) is 2. The summed E-state index contributed by atoms with van der Waals surface area (Å²) in [7, 11) is 1.59. The number of nitrogens with one attached hydrogen (secondary N) is 1. The molecule has 0 saturated carbocycles. The summed E-state index contributed by atoms with van der Waals surface area (Å²) < 4.78 is 11.4. The first-order chi connectivity index (χ1) is 11.6. The van der Waals surface area contributed by atoms with E-state index in [1.165, 1.54) is 0 Å². The average molecular weight is 389 g/mol. The highest BCUT2D eigenvalue weighted by Gasteiger charge is 2.05. The fourth-order valence-electron chi connectivity index (χ4n) is 1.83. The maximum Gasteiger partial charge on any atom is 0.271 e. The van der Waals surface area contributed by atoms with Gasteiger partial charge in [-0.3, -0.25) is 4.79 Å². The van der Waals surface area contributed by atoms with Crippen molar-refractivity contribution in [3.8, 4) is 11.5 Å². The van der Waals surface area contributed by atoms with Crippen molar-refractivity contribution in [3.05, 3.63) is 70.7 Å². The smallest absolute Gasteiger partial charge is 0.271 e. The van der Waals surface area contributed by atoms with Crippen LogP contribution >= 0.6 is 15.9 Å². The lowest BCUT2D eigenvalue weighted by Crippen LogP contribution is -2.17. The van der Waals surface area contributed by atoms with Crippen molar-refractivity contribution in [2.24, 2.45) is 5.10 Å². The number of hydrogen-bond acceptors (Lipinski definition) is 4. The van der Waals surface area contributed by atoms with Gasteiger partial charge < -0.3 is 9.47 Å². The molecule has 1 N–H and O–H groups in total. The molecule has 24 heavy (non-hydrogen) atoms. The van der Waals surface area contributed by atoms with Gasteiger partial charge in [0.15, 0.2) is 0 Å². The van der Waals surface area contributed by atoms with E-state index >= 15 is 0 Å². The van der Waals surface area contributed by atoms with Crippen LogP contribution in [-0.2, 0) is 0 Å². The van der Waals surface area contributed by atoms with E-state index in [1.807, 2.05) is 18.2 Å². The minimum atomic E-state index is -0.305. The Bertz CT molecular complexity index is 742. The summed E-state index contributed by atoms with van der Waals surface area (Å²) >= 11 is 3.42. The lowest BCUT2D eigenvalue weighted by atomic mass is 10.2. The van der Waals surface area contributed by atoms with Crippen LogP contribution in [-0.4, -0.2) is 25.8 Å². The first-order valence-corrected chi connectivity index (χ1v) is 7.94. The van der Waals surface area contributed by atoms with Crippen LogP contribution in [0.15, 0.2) is 64.7 Å². The molecule has 6 heteroatoms. The maximum atomic E-state index is 12.1. The summed E-state index contributed by atoms with van der Waals surface area (Å²) in [4.78, 5) is 12.1. The molecule has 0 aliphatic heterocycles. The van der Waals surface area contributed by atoms with Crippen molar-refractivity contribution in [2.75, 3.05) is 13.7 Å². The second-order valence-electron chi connectivity index (χ2n) is 4.71. The highest BCUT2D eigenvalue weighted by atomic mass is 79.9. The van der Waals surface area contributed by atoms with E-state index in [1.54, 1.807) is 43.7 Å². The third-order valence-electron chi connectivity index (χ3n) is 3.06. The molecule has 0 bridgehead atoms. The van der Waals surface area contributed by atoms with E-state index < -0.39 is 0 Å².